The molecule has 0 spiro atoms. The van der Waals surface area contributed by atoms with Crippen LogP contribution in [0.3, 0.4) is 0 Å². The number of benzene rings is 1. The lowest BCUT2D eigenvalue weighted by Gasteiger charge is -2.17. The fourth-order valence-corrected chi connectivity index (χ4v) is 2.83. The van der Waals surface area contributed by atoms with Crippen molar-refractivity contribution < 1.29 is 19.2 Å². The van der Waals surface area contributed by atoms with E-state index in [4.69, 9.17) is 9.47 Å². The van der Waals surface area contributed by atoms with E-state index in [0.29, 0.717) is 19.4 Å². The second-order valence-corrected chi connectivity index (χ2v) is 6.78. The van der Waals surface area contributed by atoms with E-state index in [-0.39, 0.29) is 18.0 Å². The van der Waals surface area contributed by atoms with Gasteiger partial charge in [-0.05, 0) is 44.4 Å². The maximum Gasteiger partial charge on any atom is 0.347 e. The summed E-state index contributed by atoms with van der Waals surface area (Å²) in [5.41, 5.74) is -0.181. The molecule has 1 unspecified atom stereocenters. The number of rotatable bonds is 11. The zero-order valence-corrected chi connectivity index (χ0v) is 17.1. The fraction of sp³-hybridized carbons (Fsp3) is 0.368. The Morgan fingerprint density at radius 3 is 2.82 bits per heavy atom. The summed E-state index contributed by atoms with van der Waals surface area (Å²) < 4.78 is 11.6. The molecule has 8 nitrogen and oxygen atoms in total. The second-order valence-electron chi connectivity index (χ2n) is 5.87. The molecule has 1 aromatic carbocycles. The SMILES string of the molecule is CCOC(=O)C(CCCCNc1cc(Br)ccn1)Oc1ccccc1[N+](=O)[O-]. The number of hydrogen-bond acceptors (Lipinski definition) is 7. The number of nitro groups is 1. The van der Waals surface area contributed by atoms with Gasteiger partial charge in [-0.1, -0.05) is 28.1 Å². The van der Waals surface area contributed by atoms with E-state index in [9.17, 15) is 14.9 Å². The van der Waals surface area contributed by atoms with Gasteiger partial charge in [0.05, 0.1) is 11.5 Å². The molecule has 2 aromatic rings. The third-order valence-electron chi connectivity index (χ3n) is 3.80. The lowest BCUT2D eigenvalue weighted by Crippen LogP contribution is -2.30. The molecule has 0 aliphatic heterocycles. The van der Waals surface area contributed by atoms with Gasteiger partial charge in [0, 0.05) is 23.3 Å². The third kappa shape index (κ3) is 6.80. The zero-order chi connectivity index (χ0) is 20.4. The van der Waals surface area contributed by atoms with Crippen molar-refractivity contribution in [2.45, 2.75) is 32.3 Å². The number of pyridine rings is 1. The number of nitrogens with zero attached hydrogens (tertiary/aromatic N) is 2. The molecule has 0 bridgehead atoms. The molecule has 0 aliphatic rings. The number of halogens is 1. The molecule has 0 aliphatic carbocycles. The van der Waals surface area contributed by atoms with Crippen molar-refractivity contribution in [3.8, 4) is 5.75 Å². The predicted molar refractivity (Wildman–Crippen MR) is 108 cm³/mol. The molecular weight excluding hydrogens is 430 g/mol. The Hall–Kier alpha value is -2.68. The van der Waals surface area contributed by atoms with Gasteiger partial charge < -0.3 is 14.8 Å². The van der Waals surface area contributed by atoms with Crippen LogP contribution in [-0.2, 0) is 9.53 Å². The Labute approximate surface area is 171 Å². The summed E-state index contributed by atoms with van der Waals surface area (Å²) >= 11 is 3.39. The van der Waals surface area contributed by atoms with Gasteiger partial charge in [-0.15, -0.1) is 0 Å². The summed E-state index contributed by atoms with van der Waals surface area (Å²) in [7, 11) is 0. The van der Waals surface area contributed by atoms with Crippen LogP contribution in [0.1, 0.15) is 26.2 Å². The molecule has 0 saturated heterocycles. The summed E-state index contributed by atoms with van der Waals surface area (Å²) in [6.45, 7) is 2.59. The molecule has 1 aromatic heterocycles. The highest BCUT2D eigenvalue weighted by Gasteiger charge is 2.25. The number of esters is 1. The predicted octanol–water partition coefficient (Wildman–Crippen LogP) is 4.35. The van der Waals surface area contributed by atoms with Crippen LogP contribution in [0.2, 0.25) is 0 Å². The van der Waals surface area contributed by atoms with Crippen LogP contribution in [0.4, 0.5) is 11.5 Å². The van der Waals surface area contributed by atoms with E-state index >= 15 is 0 Å². The number of aromatic nitrogens is 1. The number of unbranched alkanes of at least 4 members (excludes halogenated alkanes) is 1. The number of ether oxygens (including phenoxy) is 2. The van der Waals surface area contributed by atoms with Gasteiger partial charge in [0.25, 0.3) is 0 Å². The Kier molecular flexibility index (Phi) is 8.67. The minimum Gasteiger partial charge on any atom is -0.472 e. The fourth-order valence-electron chi connectivity index (χ4n) is 2.49. The molecule has 2 rings (SSSR count). The van der Waals surface area contributed by atoms with Crippen molar-refractivity contribution in [1.82, 2.24) is 4.98 Å². The molecule has 150 valence electrons. The van der Waals surface area contributed by atoms with Crippen LogP contribution >= 0.6 is 15.9 Å². The highest BCUT2D eigenvalue weighted by molar-refractivity contribution is 9.10. The minimum atomic E-state index is -0.898. The molecule has 0 saturated carbocycles. The van der Waals surface area contributed by atoms with E-state index in [1.165, 1.54) is 12.1 Å². The van der Waals surface area contributed by atoms with Crippen molar-refractivity contribution in [2.24, 2.45) is 0 Å². The smallest absolute Gasteiger partial charge is 0.347 e. The Morgan fingerprint density at radius 1 is 1.32 bits per heavy atom. The highest BCUT2D eigenvalue weighted by atomic mass is 79.9. The van der Waals surface area contributed by atoms with E-state index in [0.717, 1.165) is 16.7 Å². The third-order valence-corrected chi connectivity index (χ3v) is 4.30. The number of nitrogens with one attached hydrogen (secondary N) is 1. The number of nitro benzene ring substituents is 1. The number of para-hydroxylation sites is 2. The largest absolute Gasteiger partial charge is 0.472 e. The van der Waals surface area contributed by atoms with Crippen LogP contribution in [0.15, 0.2) is 47.1 Å². The number of hydrogen-bond donors (Lipinski definition) is 1. The topological polar surface area (TPSA) is 104 Å². The van der Waals surface area contributed by atoms with E-state index in [2.05, 4.69) is 26.2 Å². The van der Waals surface area contributed by atoms with Crippen LogP contribution in [0, 0.1) is 10.1 Å². The van der Waals surface area contributed by atoms with Crippen molar-refractivity contribution >= 4 is 33.4 Å². The molecular formula is C19H22BrN3O5. The molecule has 1 atom stereocenters. The number of anilines is 1. The Balaban J connectivity index is 1.90. The molecule has 0 fully saturated rings. The van der Waals surface area contributed by atoms with Gasteiger partial charge in [0.2, 0.25) is 0 Å². The summed E-state index contributed by atoms with van der Waals surface area (Å²) in [6, 6.07) is 9.71. The number of carbonyl (C=O) groups is 1. The zero-order valence-electron chi connectivity index (χ0n) is 15.5. The van der Waals surface area contributed by atoms with Crippen molar-refractivity contribution in [3.63, 3.8) is 0 Å². The quantitative estimate of drug-likeness (QED) is 0.234. The van der Waals surface area contributed by atoms with Gasteiger partial charge in [-0.2, -0.15) is 0 Å². The van der Waals surface area contributed by atoms with Crippen molar-refractivity contribution in [1.29, 1.82) is 0 Å². The molecule has 0 radical (unpaired) electrons. The van der Waals surface area contributed by atoms with Crippen LogP contribution in [0.25, 0.3) is 0 Å². The molecule has 1 heterocycles. The van der Waals surface area contributed by atoms with Gasteiger partial charge in [-0.3, -0.25) is 10.1 Å². The van der Waals surface area contributed by atoms with E-state index in [1.54, 1.807) is 25.3 Å². The molecule has 28 heavy (non-hydrogen) atoms. The second kappa shape index (κ2) is 11.2. The summed E-state index contributed by atoms with van der Waals surface area (Å²) in [4.78, 5) is 27.0. The first-order chi connectivity index (χ1) is 13.5. The maximum atomic E-state index is 12.2. The van der Waals surface area contributed by atoms with Crippen LogP contribution < -0.4 is 10.1 Å². The van der Waals surface area contributed by atoms with Gasteiger partial charge in [-0.25, -0.2) is 9.78 Å². The normalized spacial score (nSPS) is 11.5. The van der Waals surface area contributed by atoms with Gasteiger partial charge in [0.15, 0.2) is 11.9 Å². The van der Waals surface area contributed by atoms with E-state index < -0.39 is 17.0 Å². The highest BCUT2D eigenvalue weighted by Crippen LogP contribution is 2.28. The summed E-state index contributed by atoms with van der Waals surface area (Å²) in [5.74, 6) is 0.289. The molecule has 0 amide bonds. The first kappa shape index (κ1) is 21.6. The molecule has 1 N–H and O–H groups in total. The number of carbonyl (C=O) groups excluding carboxylic acids is 1. The average molecular weight is 452 g/mol. The standard InChI is InChI=1S/C19H22BrN3O5/c1-2-27-19(24)17(28-16-8-4-3-7-15(16)23(25)26)9-5-6-11-21-18-13-14(20)10-12-22-18/h3-4,7-8,10,12-13,17H,2,5-6,9,11H2,1H3,(H,21,22). The van der Waals surface area contributed by atoms with Gasteiger partial charge in [0.1, 0.15) is 5.82 Å². The summed E-state index contributed by atoms with van der Waals surface area (Å²) in [5, 5.41) is 14.3. The van der Waals surface area contributed by atoms with Crippen molar-refractivity contribution in [2.75, 3.05) is 18.5 Å². The first-order valence-electron chi connectivity index (χ1n) is 8.93. The summed E-state index contributed by atoms with van der Waals surface area (Å²) in [6.07, 6.45) is 2.63. The lowest BCUT2D eigenvalue weighted by molar-refractivity contribution is -0.386. The van der Waals surface area contributed by atoms with Crippen LogP contribution in [-0.4, -0.2) is 35.1 Å². The van der Waals surface area contributed by atoms with Crippen LogP contribution in [0.5, 0.6) is 5.75 Å². The minimum absolute atomic E-state index is 0.0574. The monoisotopic (exact) mass is 451 g/mol. The maximum absolute atomic E-state index is 12.2. The Morgan fingerprint density at radius 2 is 2.11 bits per heavy atom. The van der Waals surface area contributed by atoms with Gasteiger partial charge >= 0.3 is 11.7 Å². The van der Waals surface area contributed by atoms with E-state index in [1.807, 2.05) is 12.1 Å². The molecule has 9 heteroatoms. The Bertz CT molecular complexity index is 803. The lowest BCUT2D eigenvalue weighted by atomic mass is 10.1. The average Bonchev–Trinajstić information content (AvgIpc) is 2.67. The first-order valence-corrected chi connectivity index (χ1v) is 9.72. The van der Waals surface area contributed by atoms with Crippen molar-refractivity contribution in [3.05, 3.63) is 57.2 Å².